The highest BCUT2D eigenvalue weighted by Crippen LogP contribution is 2.11. The van der Waals surface area contributed by atoms with E-state index in [1.165, 1.54) is 0 Å². The molecule has 1 N–H and O–H groups in total. The summed E-state index contributed by atoms with van der Waals surface area (Å²) in [7, 11) is 0. The van der Waals surface area contributed by atoms with Crippen molar-refractivity contribution >= 4 is 11.8 Å². The summed E-state index contributed by atoms with van der Waals surface area (Å²) in [4.78, 5) is 25.7. The van der Waals surface area contributed by atoms with Crippen LogP contribution in [0.2, 0.25) is 0 Å². The van der Waals surface area contributed by atoms with E-state index < -0.39 is 0 Å². The second-order valence-corrected chi connectivity index (χ2v) is 5.09. The number of benzene rings is 1. The molecule has 19 heavy (non-hydrogen) atoms. The summed E-state index contributed by atoms with van der Waals surface area (Å²) in [6.07, 6.45) is 2.13. The number of aryl methyl sites for hydroxylation is 2. The highest BCUT2D eigenvalue weighted by molar-refractivity contribution is 5.97. The molecule has 0 aliphatic carbocycles. The van der Waals surface area contributed by atoms with Crippen LogP contribution in [0.3, 0.4) is 0 Å². The Kier molecular flexibility index (Phi) is 4.20. The van der Waals surface area contributed by atoms with E-state index in [1.54, 1.807) is 0 Å². The van der Waals surface area contributed by atoms with E-state index in [-0.39, 0.29) is 18.4 Å². The molecule has 1 aliphatic rings. The molecule has 0 radical (unpaired) electrons. The molecule has 0 aromatic heterocycles. The number of hydrogen-bond acceptors (Lipinski definition) is 2. The molecule has 0 unspecified atom stereocenters. The van der Waals surface area contributed by atoms with E-state index in [1.807, 2.05) is 36.9 Å². The Bertz CT molecular complexity index is 491. The fraction of sp³-hybridized carbons (Fsp3) is 0.467. The van der Waals surface area contributed by atoms with E-state index in [0.29, 0.717) is 5.56 Å². The van der Waals surface area contributed by atoms with Gasteiger partial charge in [0.25, 0.3) is 5.91 Å². The standard InChI is InChI=1S/C15H20N2O2/c1-11-5-6-12(2)13(9-11)15(19)16-10-14(18)17-7-3-4-8-17/h5-6,9H,3-4,7-8,10H2,1-2H3,(H,16,19). The Labute approximate surface area is 113 Å². The van der Waals surface area contributed by atoms with Crippen LogP contribution in [0.4, 0.5) is 0 Å². The first-order chi connectivity index (χ1) is 9.08. The van der Waals surface area contributed by atoms with Gasteiger partial charge in [0.2, 0.25) is 5.91 Å². The lowest BCUT2D eigenvalue weighted by molar-refractivity contribution is -0.129. The molecule has 1 aromatic rings. The van der Waals surface area contributed by atoms with Gasteiger partial charge in [0.15, 0.2) is 0 Å². The largest absolute Gasteiger partial charge is 0.343 e. The summed E-state index contributed by atoms with van der Waals surface area (Å²) in [5, 5.41) is 2.71. The molecule has 0 spiro atoms. The lowest BCUT2D eigenvalue weighted by Gasteiger charge is -2.15. The van der Waals surface area contributed by atoms with E-state index >= 15 is 0 Å². The van der Waals surface area contributed by atoms with Crippen molar-refractivity contribution in [2.75, 3.05) is 19.6 Å². The fourth-order valence-corrected chi connectivity index (χ4v) is 2.31. The predicted molar refractivity (Wildman–Crippen MR) is 74.1 cm³/mol. The number of rotatable bonds is 3. The molecule has 1 aliphatic heterocycles. The quantitative estimate of drug-likeness (QED) is 0.898. The SMILES string of the molecule is Cc1ccc(C)c(C(=O)NCC(=O)N2CCCC2)c1. The first-order valence-electron chi connectivity index (χ1n) is 6.71. The fourth-order valence-electron chi connectivity index (χ4n) is 2.31. The van der Waals surface area contributed by atoms with Gasteiger partial charge < -0.3 is 10.2 Å². The minimum absolute atomic E-state index is 0.0103. The Balaban J connectivity index is 1.93. The Morgan fingerprint density at radius 1 is 1.21 bits per heavy atom. The van der Waals surface area contributed by atoms with Gasteiger partial charge in [0.1, 0.15) is 0 Å². The lowest BCUT2D eigenvalue weighted by atomic mass is 10.1. The van der Waals surface area contributed by atoms with Gasteiger partial charge >= 0.3 is 0 Å². The molecule has 1 aromatic carbocycles. The molecule has 1 saturated heterocycles. The van der Waals surface area contributed by atoms with Crippen LogP contribution in [0.15, 0.2) is 18.2 Å². The molecule has 0 saturated carbocycles. The molecule has 2 rings (SSSR count). The summed E-state index contributed by atoms with van der Waals surface area (Å²) >= 11 is 0. The molecule has 1 heterocycles. The first kappa shape index (κ1) is 13.6. The zero-order valence-corrected chi connectivity index (χ0v) is 11.5. The average Bonchev–Trinajstić information content (AvgIpc) is 2.92. The normalized spacial score (nSPS) is 14.5. The Morgan fingerprint density at radius 2 is 1.89 bits per heavy atom. The highest BCUT2D eigenvalue weighted by atomic mass is 16.2. The molecule has 0 atom stereocenters. The molecular weight excluding hydrogens is 240 g/mol. The van der Waals surface area contributed by atoms with Crippen molar-refractivity contribution in [1.29, 1.82) is 0 Å². The summed E-state index contributed by atoms with van der Waals surface area (Å²) in [5.74, 6) is -0.162. The third-order valence-corrected chi connectivity index (χ3v) is 3.50. The zero-order valence-electron chi connectivity index (χ0n) is 11.5. The van der Waals surface area contributed by atoms with Crippen LogP contribution in [0.1, 0.15) is 34.3 Å². The van der Waals surface area contributed by atoms with Crippen LogP contribution in [-0.2, 0) is 4.79 Å². The molecule has 2 amide bonds. The first-order valence-corrected chi connectivity index (χ1v) is 6.71. The van der Waals surface area contributed by atoms with E-state index in [2.05, 4.69) is 5.32 Å². The Morgan fingerprint density at radius 3 is 2.58 bits per heavy atom. The molecule has 4 heteroatoms. The minimum atomic E-state index is -0.172. The van der Waals surface area contributed by atoms with Gasteiger partial charge in [-0.25, -0.2) is 0 Å². The van der Waals surface area contributed by atoms with Gasteiger partial charge in [0.05, 0.1) is 6.54 Å². The van der Waals surface area contributed by atoms with E-state index in [0.717, 1.165) is 37.1 Å². The van der Waals surface area contributed by atoms with Crippen LogP contribution in [0.25, 0.3) is 0 Å². The third kappa shape index (κ3) is 3.34. The number of nitrogens with zero attached hydrogens (tertiary/aromatic N) is 1. The van der Waals surface area contributed by atoms with Crippen LogP contribution < -0.4 is 5.32 Å². The summed E-state index contributed by atoms with van der Waals surface area (Å²) in [6, 6.07) is 5.75. The monoisotopic (exact) mass is 260 g/mol. The minimum Gasteiger partial charge on any atom is -0.343 e. The van der Waals surface area contributed by atoms with Gasteiger partial charge in [-0.2, -0.15) is 0 Å². The second kappa shape index (κ2) is 5.87. The van der Waals surface area contributed by atoms with Crippen molar-refractivity contribution in [3.05, 3.63) is 34.9 Å². The molecule has 102 valence electrons. The van der Waals surface area contributed by atoms with Crippen LogP contribution in [0.5, 0.6) is 0 Å². The lowest BCUT2D eigenvalue weighted by Crippen LogP contribution is -2.38. The summed E-state index contributed by atoms with van der Waals surface area (Å²) in [6.45, 7) is 5.57. The van der Waals surface area contributed by atoms with Crippen molar-refractivity contribution in [3.8, 4) is 0 Å². The molecule has 4 nitrogen and oxygen atoms in total. The summed E-state index contributed by atoms with van der Waals surface area (Å²) in [5.41, 5.74) is 2.62. The number of carbonyl (C=O) groups excluding carboxylic acids is 2. The molecule has 0 bridgehead atoms. The van der Waals surface area contributed by atoms with E-state index in [4.69, 9.17) is 0 Å². The molecular formula is C15H20N2O2. The number of hydrogen-bond donors (Lipinski definition) is 1. The topological polar surface area (TPSA) is 49.4 Å². The average molecular weight is 260 g/mol. The third-order valence-electron chi connectivity index (χ3n) is 3.50. The highest BCUT2D eigenvalue weighted by Gasteiger charge is 2.18. The number of carbonyl (C=O) groups is 2. The van der Waals surface area contributed by atoms with Gasteiger partial charge in [-0.05, 0) is 38.3 Å². The second-order valence-electron chi connectivity index (χ2n) is 5.09. The van der Waals surface area contributed by atoms with Crippen molar-refractivity contribution in [2.45, 2.75) is 26.7 Å². The van der Waals surface area contributed by atoms with Gasteiger partial charge in [-0.3, -0.25) is 9.59 Å². The van der Waals surface area contributed by atoms with Crippen molar-refractivity contribution in [3.63, 3.8) is 0 Å². The molecule has 1 fully saturated rings. The maximum absolute atomic E-state index is 12.1. The smallest absolute Gasteiger partial charge is 0.251 e. The van der Waals surface area contributed by atoms with Gasteiger partial charge in [-0.15, -0.1) is 0 Å². The maximum atomic E-state index is 12.1. The van der Waals surface area contributed by atoms with E-state index in [9.17, 15) is 9.59 Å². The van der Waals surface area contributed by atoms with Gasteiger partial charge in [0, 0.05) is 18.7 Å². The van der Waals surface area contributed by atoms with Crippen LogP contribution in [-0.4, -0.2) is 36.3 Å². The number of nitrogens with one attached hydrogen (secondary N) is 1. The van der Waals surface area contributed by atoms with Crippen molar-refractivity contribution in [2.24, 2.45) is 0 Å². The number of amides is 2. The number of likely N-dealkylation sites (tertiary alicyclic amines) is 1. The maximum Gasteiger partial charge on any atom is 0.251 e. The zero-order chi connectivity index (χ0) is 13.8. The predicted octanol–water partition coefficient (Wildman–Crippen LogP) is 1.66. The summed E-state index contributed by atoms with van der Waals surface area (Å²) < 4.78 is 0. The Hall–Kier alpha value is -1.84. The van der Waals surface area contributed by atoms with Crippen molar-refractivity contribution < 1.29 is 9.59 Å². The van der Waals surface area contributed by atoms with Gasteiger partial charge in [-0.1, -0.05) is 17.7 Å². The van der Waals surface area contributed by atoms with Crippen molar-refractivity contribution in [1.82, 2.24) is 10.2 Å². The van der Waals surface area contributed by atoms with Crippen LogP contribution >= 0.6 is 0 Å². The van der Waals surface area contributed by atoms with Crippen LogP contribution in [0, 0.1) is 13.8 Å².